The molecule has 4 nitrogen and oxygen atoms in total. The van der Waals surface area contributed by atoms with Gasteiger partial charge in [0.1, 0.15) is 0 Å². The number of nitrogens with zero attached hydrogens (tertiary/aromatic N) is 1. The van der Waals surface area contributed by atoms with Crippen LogP contribution in [0.3, 0.4) is 0 Å². The fraction of sp³-hybridized carbons (Fsp3) is 0.588. The zero-order chi connectivity index (χ0) is 15.5. The normalized spacial score (nSPS) is 25.8. The Bertz CT molecular complexity index is 517. The molecule has 0 saturated carbocycles. The summed E-state index contributed by atoms with van der Waals surface area (Å²) in [4.78, 5) is 14.8. The van der Waals surface area contributed by atoms with E-state index in [4.69, 9.17) is 11.6 Å². The second-order valence-electron chi connectivity index (χ2n) is 6.41. The maximum absolute atomic E-state index is 12.5. The third kappa shape index (κ3) is 4.38. The molecule has 0 spiro atoms. The number of likely N-dealkylation sites (tertiary alicyclic amines) is 1. The molecule has 2 saturated heterocycles. The Labute approximate surface area is 149 Å². The topological polar surface area (TPSA) is 44.4 Å². The average molecular weight is 358 g/mol. The Hall–Kier alpha value is -0.810. The first-order valence-corrected chi connectivity index (χ1v) is 8.50. The fourth-order valence-corrected chi connectivity index (χ4v) is 3.76. The highest BCUT2D eigenvalue weighted by molar-refractivity contribution is 6.30. The minimum Gasteiger partial charge on any atom is -0.351 e. The van der Waals surface area contributed by atoms with Gasteiger partial charge in [-0.3, -0.25) is 9.69 Å². The molecule has 1 aromatic rings. The van der Waals surface area contributed by atoms with Gasteiger partial charge < -0.3 is 10.6 Å². The summed E-state index contributed by atoms with van der Waals surface area (Å²) >= 11 is 5.99. The highest BCUT2D eigenvalue weighted by Crippen LogP contribution is 2.32. The van der Waals surface area contributed by atoms with Gasteiger partial charge >= 0.3 is 0 Å². The summed E-state index contributed by atoms with van der Waals surface area (Å²) in [5, 5.41) is 7.36. The molecule has 0 aromatic heterocycles. The van der Waals surface area contributed by atoms with Crippen LogP contribution in [0.4, 0.5) is 0 Å². The second-order valence-corrected chi connectivity index (χ2v) is 6.84. The summed E-state index contributed by atoms with van der Waals surface area (Å²) in [7, 11) is 2.12. The van der Waals surface area contributed by atoms with E-state index in [0.29, 0.717) is 0 Å². The Morgan fingerprint density at radius 2 is 1.87 bits per heavy atom. The maximum atomic E-state index is 12.5. The smallest absolute Gasteiger partial charge is 0.223 e. The Balaban J connectivity index is 0.00000192. The van der Waals surface area contributed by atoms with Crippen molar-refractivity contribution in [1.29, 1.82) is 0 Å². The van der Waals surface area contributed by atoms with Crippen LogP contribution >= 0.6 is 24.0 Å². The van der Waals surface area contributed by atoms with Crippen LogP contribution in [-0.2, 0) is 4.79 Å². The number of nitrogens with one attached hydrogen (secondary N) is 2. The molecule has 128 valence electrons. The first-order valence-electron chi connectivity index (χ1n) is 8.12. The Kier molecular flexibility index (Phi) is 6.72. The lowest BCUT2D eigenvalue weighted by Gasteiger charge is -2.29. The number of carbonyl (C=O) groups is 1. The Morgan fingerprint density at radius 1 is 1.22 bits per heavy atom. The number of halogens is 2. The molecule has 2 atom stereocenters. The quantitative estimate of drug-likeness (QED) is 0.873. The molecular formula is C17H25Cl2N3O. The third-order valence-electron chi connectivity index (χ3n) is 4.90. The van der Waals surface area contributed by atoms with Crippen LogP contribution in [0.15, 0.2) is 24.3 Å². The van der Waals surface area contributed by atoms with Gasteiger partial charge in [-0.2, -0.15) is 0 Å². The number of likely N-dealkylation sites (N-methyl/N-ethyl adjacent to an activating group) is 1. The van der Waals surface area contributed by atoms with E-state index in [2.05, 4.69) is 34.7 Å². The number of hydrogen-bond acceptors (Lipinski definition) is 3. The average Bonchev–Trinajstić information content (AvgIpc) is 2.90. The van der Waals surface area contributed by atoms with Crippen molar-refractivity contribution in [2.75, 3.05) is 26.7 Å². The van der Waals surface area contributed by atoms with Crippen molar-refractivity contribution >= 4 is 29.9 Å². The van der Waals surface area contributed by atoms with E-state index in [1.165, 1.54) is 5.56 Å². The highest BCUT2D eigenvalue weighted by Gasteiger charge is 2.35. The van der Waals surface area contributed by atoms with Crippen molar-refractivity contribution in [3.05, 3.63) is 34.9 Å². The summed E-state index contributed by atoms with van der Waals surface area (Å²) in [6.07, 6.45) is 2.89. The van der Waals surface area contributed by atoms with Gasteiger partial charge in [-0.25, -0.2) is 0 Å². The lowest BCUT2D eigenvalue weighted by atomic mass is 9.95. The van der Waals surface area contributed by atoms with E-state index in [-0.39, 0.29) is 36.3 Å². The molecule has 0 radical (unpaired) electrons. The molecule has 23 heavy (non-hydrogen) atoms. The molecule has 0 aliphatic carbocycles. The third-order valence-corrected chi connectivity index (χ3v) is 5.15. The van der Waals surface area contributed by atoms with Gasteiger partial charge in [0.25, 0.3) is 0 Å². The zero-order valence-corrected chi connectivity index (χ0v) is 15.0. The van der Waals surface area contributed by atoms with Crippen molar-refractivity contribution < 1.29 is 4.79 Å². The molecule has 2 aliphatic rings. The van der Waals surface area contributed by atoms with Gasteiger partial charge in [-0.1, -0.05) is 23.7 Å². The molecule has 2 aliphatic heterocycles. The van der Waals surface area contributed by atoms with Crippen molar-refractivity contribution in [1.82, 2.24) is 15.5 Å². The minimum absolute atomic E-state index is 0. The number of benzene rings is 1. The molecule has 2 fully saturated rings. The van der Waals surface area contributed by atoms with E-state index >= 15 is 0 Å². The number of piperidine rings is 1. The van der Waals surface area contributed by atoms with E-state index in [1.54, 1.807) is 0 Å². The van der Waals surface area contributed by atoms with E-state index in [1.807, 2.05) is 12.1 Å². The lowest BCUT2D eigenvalue weighted by Crippen LogP contribution is -2.44. The minimum atomic E-state index is 0. The van der Waals surface area contributed by atoms with E-state index in [0.717, 1.165) is 43.9 Å². The number of rotatable bonds is 3. The van der Waals surface area contributed by atoms with Gasteiger partial charge in [0.2, 0.25) is 5.91 Å². The van der Waals surface area contributed by atoms with Gasteiger partial charge in [0.05, 0.1) is 6.04 Å². The molecule has 1 aromatic carbocycles. The predicted molar refractivity (Wildman–Crippen MR) is 96.2 cm³/mol. The molecule has 3 rings (SSSR count). The van der Waals surface area contributed by atoms with Crippen molar-refractivity contribution in [3.63, 3.8) is 0 Å². The van der Waals surface area contributed by atoms with Crippen LogP contribution in [0.25, 0.3) is 0 Å². The van der Waals surface area contributed by atoms with Crippen LogP contribution in [0.5, 0.6) is 0 Å². The fourth-order valence-electron chi connectivity index (χ4n) is 3.63. The number of amides is 1. The van der Waals surface area contributed by atoms with Crippen molar-refractivity contribution in [3.8, 4) is 0 Å². The highest BCUT2D eigenvalue weighted by atomic mass is 35.5. The summed E-state index contributed by atoms with van der Waals surface area (Å²) in [5.41, 5.74) is 1.22. The molecule has 0 bridgehead atoms. The summed E-state index contributed by atoms with van der Waals surface area (Å²) in [6, 6.07) is 8.41. The monoisotopic (exact) mass is 357 g/mol. The molecule has 6 heteroatoms. The van der Waals surface area contributed by atoms with Gasteiger partial charge in [-0.15, -0.1) is 12.4 Å². The first kappa shape index (κ1) is 18.5. The number of hydrogen-bond donors (Lipinski definition) is 2. The van der Waals surface area contributed by atoms with Crippen LogP contribution in [0.2, 0.25) is 5.02 Å². The predicted octanol–water partition coefficient (Wildman–Crippen LogP) is 2.62. The number of carbonyl (C=O) groups excluding carboxylic acids is 1. The molecular weight excluding hydrogens is 333 g/mol. The van der Waals surface area contributed by atoms with Crippen LogP contribution in [0.1, 0.15) is 30.9 Å². The van der Waals surface area contributed by atoms with Crippen LogP contribution in [0, 0.1) is 5.92 Å². The largest absolute Gasteiger partial charge is 0.351 e. The zero-order valence-electron chi connectivity index (χ0n) is 13.4. The second kappa shape index (κ2) is 8.34. The summed E-state index contributed by atoms with van der Waals surface area (Å²) in [5.74, 6) is 0.388. The van der Waals surface area contributed by atoms with Crippen LogP contribution < -0.4 is 10.6 Å². The van der Waals surface area contributed by atoms with Crippen LogP contribution in [-0.4, -0.2) is 43.5 Å². The molecule has 2 N–H and O–H groups in total. The molecule has 2 unspecified atom stereocenters. The lowest BCUT2D eigenvalue weighted by molar-refractivity contribution is -0.126. The maximum Gasteiger partial charge on any atom is 0.223 e. The van der Waals surface area contributed by atoms with Gasteiger partial charge in [0, 0.05) is 23.5 Å². The first-order chi connectivity index (χ1) is 10.6. The summed E-state index contributed by atoms with van der Waals surface area (Å²) < 4.78 is 0. The molecule has 2 heterocycles. The summed E-state index contributed by atoms with van der Waals surface area (Å²) in [6.45, 7) is 2.90. The SMILES string of the molecule is CN1CCC(NC(=O)C2CCNCC2)C1c1ccc(Cl)cc1.Cl. The van der Waals surface area contributed by atoms with E-state index in [9.17, 15) is 4.79 Å². The van der Waals surface area contributed by atoms with Gasteiger partial charge in [0.15, 0.2) is 0 Å². The molecule has 1 amide bonds. The van der Waals surface area contributed by atoms with Crippen molar-refractivity contribution in [2.24, 2.45) is 5.92 Å². The Morgan fingerprint density at radius 3 is 2.52 bits per heavy atom. The van der Waals surface area contributed by atoms with E-state index < -0.39 is 0 Å². The van der Waals surface area contributed by atoms with Crippen molar-refractivity contribution in [2.45, 2.75) is 31.3 Å². The standard InChI is InChI=1S/C17H24ClN3O.ClH/c1-21-11-8-15(16(21)12-2-4-14(18)5-3-12)20-17(22)13-6-9-19-10-7-13;/h2-5,13,15-16,19H,6-11H2,1H3,(H,20,22);1H. The van der Waals surface area contributed by atoms with Gasteiger partial charge in [-0.05, 0) is 57.1 Å².